The summed E-state index contributed by atoms with van der Waals surface area (Å²) in [7, 11) is 0. The summed E-state index contributed by atoms with van der Waals surface area (Å²) < 4.78 is 72.5. The predicted molar refractivity (Wildman–Crippen MR) is 114 cm³/mol. The highest BCUT2D eigenvalue weighted by molar-refractivity contribution is 6.31. The molecule has 0 spiro atoms. The summed E-state index contributed by atoms with van der Waals surface area (Å²) in [5, 5.41) is 5.17. The molecule has 0 saturated carbocycles. The van der Waals surface area contributed by atoms with Crippen LogP contribution in [-0.2, 0) is 6.18 Å². The molecule has 2 heterocycles. The van der Waals surface area contributed by atoms with Crippen molar-refractivity contribution in [3.05, 3.63) is 93.3 Å². The van der Waals surface area contributed by atoms with Crippen LogP contribution in [0.25, 0.3) is 11.1 Å². The Morgan fingerprint density at radius 2 is 1.86 bits per heavy atom. The van der Waals surface area contributed by atoms with Gasteiger partial charge in [0.25, 0.3) is 11.8 Å². The van der Waals surface area contributed by atoms with Crippen molar-refractivity contribution in [2.24, 2.45) is 0 Å². The number of carbonyl (C=O) groups excluding carboxylic acids is 2. The van der Waals surface area contributed by atoms with Gasteiger partial charge in [0, 0.05) is 27.4 Å². The number of carbonyl (C=O) groups is 2. The van der Waals surface area contributed by atoms with E-state index in [2.05, 4.69) is 15.6 Å². The molecule has 35 heavy (non-hydrogen) atoms. The molecule has 0 aliphatic carbocycles. The molecule has 5 rings (SSSR count). The van der Waals surface area contributed by atoms with Gasteiger partial charge in [0.2, 0.25) is 0 Å². The molecule has 1 unspecified atom stereocenters. The largest absolute Gasteiger partial charge is 0.443 e. The number of aromatic nitrogens is 1. The Balaban J connectivity index is 1.65. The van der Waals surface area contributed by atoms with Gasteiger partial charge in [0.15, 0.2) is 12.0 Å². The second-order valence-corrected chi connectivity index (χ2v) is 8.07. The minimum Gasteiger partial charge on any atom is -0.443 e. The summed E-state index contributed by atoms with van der Waals surface area (Å²) >= 11 is 6.23. The van der Waals surface area contributed by atoms with E-state index in [9.17, 15) is 31.5 Å². The fourth-order valence-electron chi connectivity index (χ4n) is 3.97. The van der Waals surface area contributed by atoms with Crippen molar-refractivity contribution in [2.75, 3.05) is 5.32 Å². The third kappa shape index (κ3) is 3.97. The van der Waals surface area contributed by atoms with Crippen LogP contribution in [0, 0.1) is 11.6 Å². The average molecular weight is 508 g/mol. The number of alkyl halides is 3. The zero-order valence-electron chi connectivity index (χ0n) is 17.1. The topological polar surface area (TPSA) is 84.2 Å². The van der Waals surface area contributed by atoms with Gasteiger partial charge >= 0.3 is 6.18 Å². The molecule has 3 aromatic carbocycles. The maximum atomic E-state index is 14.0. The van der Waals surface area contributed by atoms with Gasteiger partial charge in [0.1, 0.15) is 17.2 Å². The predicted octanol–water partition coefficient (Wildman–Crippen LogP) is 5.86. The van der Waals surface area contributed by atoms with Crippen LogP contribution in [0.4, 0.5) is 27.6 Å². The summed E-state index contributed by atoms with van der Waals surface area (Å²) in [6.45, 7) is 0. The molecule has 6 nitrogen and oxygen atoms in total. The van der Waals surface area contributed by atoms with Crippen LogP contribution in [0.5, 0.6) is 0 Å². The number of hydrogen-bond acceptors (Lipinski definition) is 4. The molecule has 0 saturated heterocycles. The number of rotatable bonds is 3. The van der Waals surface area contributed by atoms with E-state index >= 15 is 0 Å². The number of benzene rings is 3. The molecule has 1 aromatic heterocycles. The maximum Gasteiger partial charge on any atom is 0.416 e. The number of halogens is 6. The molecule has 12 heteroatoms. The summed E-state index contributed by atoms with van der Waals surface area (Å²) in [4.78, 5) is 29.7. The Labute approximate surface area is 197 Å². The van der Waals surface area contributed by atoms with E-state index in [1.807, 2.05) is 0 Å². The third-order valence-electron chi connectivity index (χ3n) is 5.46. The maximum absolute atomic E-state index is 14.0. The van der Waals surface area contributed by atoms with Gasteiger partial charge in [-0.15, -0.1) is 0 Å². The molecule has 0 fully saturated rings. The lowest BCUT2D eigenvalue weighted by molar-refractivity contribution is -0.137. The first-order valence-corrected chi connectivity index (χ1v) is 10.3. The van der Waals surface area contributed by atoms with E-state index in [4.69, 9.17) is 16.0 Å². The second kappa shape index (κ2) is 8.05. The first-order valence-electron chi connectivity index (χ1n) is 9.88. The van der Waals surface area contributed by atoms with Crippen LogP contribution in [0.3, 0.4) is 0 Å². The summed E-state index contributed by atoms with van der Waals surface area (Å²) in [5.74, 6) is -3.61. The van der Waals surface area contributed by atoms with E-state index in [0.717, 1.165) is 18.5 Å². The fourth-order valence-corrected chi connectivity index (χ4v) is 4.19. The number of anilines is 1. The van der Waals surface area contributed by atoms with Crippen LogP contribution >= 0.6 is 11.6 Å². The number of amides is 2. The standard InChI is InChI=1S/C23H11ClF5N3O3/c24-14-2-1-11(25)6-13(14)19-17-15(7-16-20(35-8-30-16)18(17)22(34)32-19)31-21(33)9-3-10(23(27,28)29)5-12(26)4-9/h1-8,19H,(H,31,33)(H,32,34). The lowest BCUT2D eigenvalue weighted by Crippen LogP contribution is -2.21. The smallest absolute Gasteiger partial charge is 0.416 e. The summed E-state index contributed by atoms with van der Waals surface area (Å²) in [6, 6.07) is 5.20. The highest BCUT2D eigenvalue weighted by Crippen LogP contribution is 2.42. The van der Waals surface area contributed by atoms with Gasteiger partial charge < -0.3 is 15.1 Å². The molecule has 1 aliphatic heterocycles. The zero-order valence-corrected chi connectivity index (χ0v) is 17.9. The number of hydrogen-bond donors (Lipinski definition) is 2. The average Bonchev–Trinajstić information content (AvgIpc) is 3.38. The zero-order chi connectivity index (χ0) is 25.1. The van der Waals surface area contributed by atoms with Gasteiger partial charge in [-0.3, -0.25) is 9.59 Å². The van der Waals surface area contributed by atoms with E-state index in [1.165, 1.54) is 12.1 Å². The normalized spacial score (nSPS) is 15.3. The Kier molecular flexibility index (Phi) is 5.24. The van der Waals surface area contributed by atoms with Crippen molar-refractivity contribution in [3.8, 4) is 0 Å². The quantitative estimate of drug-likeness (QED) is 0.340. The Morgan fingerprint density at radius 3 is 2.60 bits per heavy atom. The highest BCUT2D eigenvalue weighted by atomic mass is 35.5. The van der Waals surface area contributed by atoms with E-state index in [0.29, 0.717) is 12.1 Å². The SMILES string of the molecule is O=C(Nc1cc2ncoc2c2c1C(c1cc(F)ccc1Cl)NC2=O)c1cc(F)cc(C(F)(F)F)c1. The molecule has 4 aromatic rings. The minimum absolute atomic E-state index is 0.0177. The van der Waals surface area contributed by atoms with Crippen molar-refractivity contribution in [1.29, 1.82) is 0 Å². The van der Waals surface area contributed by atoms with Crippen LogP contribution in [-0.4, -0.2) is 16.8 Å². The van der Waals surface area contributed by atoms with Crippen molar-refractivity contribution in [1.82, 2.24) is 10.3 Å². The summed E-state index contributed by atoms with van der Waals surface area (Å²) in [5.41, 5.74) is -1.47. The number of nitrogens with zero attached hydrogens (tertiary/aromatic N) is 1. The molecule has 0 radical (unpaired) electrons. The Hall–Kier alpha value is -3.99. The second-order valence-electron chi connectivity index (χ2n) is 7.67. The van der Waals surface area contributed by atoms with Crippen LogP contribution < -0.4 is 10.6 Å². The van der Waals surface area contributed by atoms with E-state index in [1.54, 1.807) is 0 Å². The van der Waals surface area contributed by atoms with Gasteiger partial charge in [0.05, 0.1) is 17.2 Å². The lowest BCUT2D eigenvalue weighted by atomic mass is 9.95. The molecule has 178 valence electrons. The minimum atomic E-state index is -4.88. The monoisotopic (exact) mass is 507 g/mol. The van der Waals surface area contributed by atoms with Gasteiger partial charge in [-0.05, 0) is 42.5 Å². The van der Waals surface area contributed by atoms with Crippen molar-refractivity contribution >= 4 is 40.2 Å². The van der Waals surface area contributed by atoms with Crippen molar-refractivity contribution < 1.29 is 36.0 Å². The van der Waals surface area contributed by atoms with E-state index in [-0.39, 0.29) is 44.6 Å². The molecule has 0 bridgehead atoms. The van der Waals surface area contributed by atoms with Crippen molar-refractivity contribution in [2.45, 2.75) is 12.2 Å². The first kappa shape index (κ1) is 22.8. The van der Waals surface area contributed by atoms with Crippen LogP contribution in [0.2, 0.25) is 5.02 Å². The molecule has 2 amide bonds. The molecular weight excluding hydrogens is 497 g/mol. The van der Waals surface area contributed by atoms with Crippen molar-refractivity contribution in [3.63, 3.8) is 0 Å². The molecule has 2 N–H and O–H groups in total. The fraction of sp³-hybridized carbons (Fsp3) is 0.0870. The summed E-state index contributed by atoms with van der Waals surface area (Å²) in [6.07, 6.45) is -3.82. The number of nitrogens with one attached hydrogen (secondary N) is 2. The van der Waals surface area contributed by atoms with Crippen LogP contribution in [0.15, 0.2) is 53.3 Å². The third-order valence-corrected chi connectivity index (χ3v) is 5.80. The lowest BCUT2D eigenvalue weighted by Gasteiger charge is -2.18. The molecule has 1 aliphatic rings. The Morgan fingerprint density at radius 1 is 1.09 bits per heavy atom. The van der Waals surface area contributed by atoms with E-state index < -0.39 is 46.8 Å². The molecular formula is C23H11ClF5N3O3. The number of oxazole rings is 1. The number of fused-ring (bicyclic) bond motifs is 3. The first-order chi connectivity index (χ1) is 16.5. The highest BCUT2D eigenvalue weighted by Gasteiger charge is 2.38. The van der Waals surface area contributed by atoms with Gasteiger partial charge in [-0.1, -0.05) is 11.6 Å². The van der Waals surface area contributed by atoms with Gasteiger partial charge in [-0.25, -0.2) is 13.8 Å². The Bertz CT molecular complexity index is 1530. The van der Waals surface area contributed by atoms with Crippen LogP contribution in [0.1, 0.15) is 43.4 Å². The molecule has 1 atom stereocenters. The van der Waals surface area contributed by atoms with Gasteiger partial charge in [-0.2, -0.15) is 13.2 Å².